The van der Waals surface area contributed by atoms with Gasteiger partial charge in [-0.15, -0.1) is 4.40 Å². The molecule has 17 heavy (non-hydrogen) atoms. The van der Waals surface area contributed by atoms with E-state index in [4.69, 9.17) is 0 Å². The summed E-state index contributed by atoms with van der Waals surface area (Å²) < 4.78 is 52.7. The normalized spacial score (nSPS) is 12.1. The van der Waals surface area contributed by atoms with Crippen molar-refractivity contribution in [2.24, 2.45) is 4.40 Å². The van der Waals surface area contributed by atoms with Gasteiger partial charge in [0.1, 0.15) is 18.0 Å². The lowest BCUT2D eigenvalue weighted by Gasteiger charge is -2.05. The first-order chi connectivity index (χ1) is 7.74. The second-order valence-corrected chi connectivity index (χ2v) is 5.16. The largest absolute Gasteiger partial charge is 0.368 e. The maximum absolute atomic E-state index is 13.1. The maximum Gasteiger partial charge on any atom is 0.283 e. The van der Waals surface area contributed by atoms with Crippen LogP contribution in [0.4, 0.5) is 8.78 Å². The lowest BCUT2D eigenvalue weighted by molar-refractivity contribution is 0.560. The van der Waals surface area contributed by atoms with Gasteiger partial charge >= 0.3 is 0 Å². The van der Waals surface area contributed by atoms with Gasteiger partial charge in [-0.25, -0.2) is 8.78 Å². The Kier molecular flexibility index (Phi) is 3.82. The highest BCUT2D eigenvalue weighted by atomic mass is 32.2. The zero-order chi connectivity index (χ0) is 13.2. The number of hydrogen-bond acceptors (Lipinski definition) is 2. The molecule has 93 valence electrons. The van der Waals surface area contributed by atoms with E-state index in [2.05, 4.69) is 11.3 Å². The third kappa shape index (κ3) is 3.23. The van der Waals surface area contributed by atoms with Crippen LogP contribution in [0.5, 0.6) is 0 Å². The van der Waals surface area contributed by atoms with Gasteiger partial charge in [-0.1, -0.05) is 0 Å². The molecule has 1 rings (SSSR count). The summed E-state index contributed by atoms with van der Waals surface area (Å²) in [6.45, 7) is 3.13. The molecule has 0 amide bonds. The average molecular weight is 261 g/mol. The molecule has 0 aliphatic rings. The lowest BCUT2D eigenvalue weighted by Crippen LogP contribution is -2.10. The van der Waals surface area contributed by atoms with E-state index >= 15 is 0 Å². The molecule has 0 N–H and O–H groups in total. The van der Waals surface area contributed by atoms with Gasteiger partial charge in [0, 0.05) is 19.7 Å². The summed E-state index contributed by atoms with van der Waals surface area (Å²) in [4.78, 5) is 0.845. The highest BCUT2D eigenvalue weighted by Gasteiger charge is 2.17. The molecule has 1 radical (unpaired) electrons. The van der Waals surface area contributed by atoms with E-state index in [0.29, 0.717) is 12.1 Å². The first-order valence-corrected chi connectivity index (χ1v) is 5.96. The fourth-order valence-corrected chi connectivity index (χ4v) is 1.89. The molecule has 0 saturated carbocycles. The minimum Gasteiger partial charge on any atom is -0.368 e. The second kappa shape index (κ2) is 4.79. The second-order valence-electron chi connectivity index (χ2n) is 3.53. The Morgan fingerprint density at radius 1 is 1.29 bits per heavy atom. The third-order valence-corrected chi connectivity index (χ3v) is 3.03. The van der Waals surface area contributed by atoms with Crippen LogP contribution in [0.2, 0.25) is 0 Å². The number of sulfonamides is 1. The van der Waals surface area contributed by atoms with Gasteiger partial charge in [0.05, 0.1) is 4.90 Å². The Labute approximate surface area is 98.6 Å². The van der Waals surface area contributed by atoms with Crippen LogP contribution < -0.4 is 0 Å². The molecule has 0 aromatic heterocycles. The van der Waals surface area contributed by atoms with E-state index in [1.165, 1.54) is 4.90 Å². The molecule has 0 unspecified atom stereocenters. The minimum atomic E-state index is -4.10. The van der Waals surface area contributed by atoms with Crippen LogP contribution in [0.3, 0.4) is 0 Å². The molecule has 0 bridgehead atoms. The van der Waals surface area contributed by atoms with Gasteiger partial charge in [0.2, 0.25) is 0 Å². The van der Waals surface area contributed by atoms with Crippen molar-refractivity contribution in [3.63, 3.8) is 0 Å². The quantitative estimate of drug-likeness (QED) is 0.611. The molecule has 0 saturated heterocycles. The first-order valence-electron chi connectivity index (χ1n) is 4.52. The highest BCUT2D eigenvalue weighted by Crippen LogP contribution is 2.19. The van der Waals surface area contributed by atoms with Crippen LogP contribution in [0.1, 0.15) is 5.56 Å². The highest BCUT2D eigenvalue weighted by molar-refractivity contribution is 7.90. The molecule has 0 fully saturated rings. The van der Waals surface area contributed by atoms with Gasteiger partial charge in [-0.2, -0.15) is 8.42 Å². The molecular formula is C10H11F2N2O2S. The van der Waals surface area contributed by atoms with E-state index in [1.54, 1.807) is 14.1 Å². The standard InChI is InChI=1S/C10H11F2N2O2S/c1-7-9(11)4-8(5-10(7)12)17(15,16)13-6-14(2)3/h4-6H,1H2,2-3H3/b13-6+. The Morgan fingerprint density at radius 3 is 2.18 bits per heavy atom. The summed E-state index contributed by atoms with van der Waals surface area (Å²) in [6, 6.07) is 1.38. The Hall–Kier alpha value is -1.50. The van der Waals surface area contributed by atoms with Crippen molar-refractivity contribution in [1.29, 1.82) is 0 Å². The van der Waals surface area contributed by atoms with E-state index < -0.39 is 32.1 Å². The van der Waals surface area contributed by atoms with E-state index in [1.807, 2.05) is 0 Å². The smallest absolute Gasteiger partial charge is 0.283 e. The molecule has 4 nitrogen and oxygen atoms in total. The van der Waals surface area contributed by atoms with Crippen molar-refractivity contribution in [2.45, 2.75) is 4.90 Å². The average Bonchev–Trinajstić information content (AvgIpc) is 2.22. The van der Waals surface area contributed by atoms with E-state index in [-0.39, 0.29) is 0 Å². The summed E-state index contributed by atoms with van der Waals surface area (Å²) in [7, 11) is -0.960. The number of hydrogen-bond donors (Lipinski definition) is 0. The van der Waals surface area contributed by atoms with Gasteiger partial charge in [-0.05, 0) is 19.1 Å². The summed E-state index contributed by atoms with van der Waals surface area (Å²) in [6.07, 6.45) is 1.03. The van der Waals surface area contributed by atoms with Crippen molar-refractivity contribution in [3.05, 3.63) is 36.3 Å². The van der Waals surface area contributed by atoms with Crippen molar-refractivity contribution < 1.29 is 17.2 Å². The molecular weight excluding hydrogens is 250 g/mol. The van der Waals surface area contributed by atoms with Crippen LogP contribution in [0.15, 0.2) is 21.4 Å². The molecule has 1 aromatic carbocycles. The van der Waals surface area contributed by atoms with Gasteiger partial charge in [0.25, 0.3) is 10.0 Å². The van der Waals surface area contributed by atoms with Gasteiger partial charge < -0.3 is 4.90 Å². The van der Waals surface area contributed by atoms with Gasteiger partial charge in [0.15, 0.2) is 0 Å². The molecule has 7 heteroatoms. The summed E-state index contributed by atoms with van der Waals surface area (Å²) in [5.41, 5.74) is -0.472. The van der Waals surface area contributed by atoms with Crippen molar-refractivity contribution >= 4 is 16.4 Å². The molecule has 0 aliphatic heterocycles. The zero-order valence-corrected chi connectivity index (χ0v) is 10.1. The molecule has 0 aliphatic carbocycles. The zero-order valence-electron chi connectivity index (χ0n) is 9.31. The predicted octanol–water partition coefficient (Wildman–Crippen LogP) is 1.43. The number of benzene rings is 1. The summed E-state index contributed by atoms with van der Waals surface area (Å²) >= 11 is 0. The SMILES string of the molecule is [CH2]c1c(F)cc(S(=O)(=O)/N=C/N(C)C)cc1F. The minimum absolute atomic E-state index is 0.472. The van der Waals surface area contributed by atoms with Crippen LogP contribution in [-0.4, -0.2) is 33.8 Å². The molecule has 1 aromatic rings. The molecule has 0 atom stereocenters. The summed E-state index contributed by atoms with van der Waals surface area (Å²) in [5.74, 6) is -2.05. The number of halogens is 2. The van der Waals surface area contributed by atoms with Crippen LogP contribution >= 0.6 is 0 Å². The Morgan fingerprint density at radius 2 is 1.76 bits per heavy atom. The predicted molar refractivity (Wildman–Crippen MR) is 60.2 cm³/mol. The maximum atomic E-state index is 13.1. The molecule has 0 spiro atoms. The van der Waals surface area contributed by atoms with Crippen LogP contribution in [0, 0.1) is 18.6 Å². The van der Waals surface area contributed by atoms with Gasteiger partial charge in [-0.3, -0.25) is 0 Å². The molecule has 0 heterocycles. The summed E-state index contributed by atoms with van der Waals surface area (Å²) in [5, 5.41) is 0. The van der Waals surface area contributed by atoms with Crippen molar-refractivity contribution in [1.82, 2.24) is 4.90 Å². The van der Waals surface area contributed by atoms with Crippen LogP contribution in [0.25, 0.3) is 0 Å². The monoisotopic (exact) mass is 261 g/mol. The third-order valence-electron chi connectivity index (χ3n) is 1.83. The van der Waals surface area contributed by atoms with Crippen LogP contribution in [-0.2, 0) is 10.0 Å². The van der Waals surface area contributed by atoms with Crippen molar-refractivity contribution in [2.75, 3.05) is 14.1 Å². The lowest BCUT2D eigenvalue weighted by atomic mass is 10.2. The van der Waals surface area contributed by atoms with E-state index in [0.717, 1.165) is 6.34 Å². The fraction of sp³-hybridized carbons (Fsp3) is 0.200. The first kappa shape index (κ1) is 13.6. The Bertz CT molecular complexity index is 530. The number of nitrogens with zero attached hydrogens (tertiary/aromatic N) is 2. The topological polar surface area (TPSA) is 49.7 Å². The van der Waals surface area contributed by atoms with E-state index in [9.17, 15) is 17.2 Å². The fourth-order valence-electron chi connectivity index (χ4n) is 0.946. The number of rotatable bonds is 3. The Balaban J connectivity index is 3.26. The van der Waals surface area contributed by atoms with Crippen molar-refractivity contribution in [3.8, 4) is 0 Å².